The summed E-state index contributed by atoms with van der Waals surface area (Å²) in [7, 11) is 6.60. The summed E-state index contributed by atoms with van der Waals surface area (Å²) in [5.41, 5.74) is 2.73. The molecule has 0 bridgehead atoms. The molecule has 0 aliphatic heterocycles. The molecule has 0 aromatic heterocycles. The van der Waals surface area contributed by atoms with E-state index in [0.29, 0.717) is 18.8 Å². The molecular formula is C22H31IN4O4. The molecule has 0 aliphatic carbocycles. The van der Waals surface area contributed by atoms with Crippen LogP contribution in [-0.2, 0) is 17.8 Å². The van der Waals surface area contributed by atoms with Crippen LogP contribution >= 0.6 is 24.0 Å². The number of rotatable bonds is 8. The number of anilines is 1. The van der Waals surface area contributed by atoms with Crippen LogP contribution in [0.5, 0.6) is 11.5 Å². The van der Waals surface area contributed by atoms with Crippen molar-refractivity contribution in [1.82, 2.24) is 10.2 Å². The Bertz CT molecular complexity index is 859. The summed E-state index contributed by atoms with van der Waals surface area (Å²) in [6, 6.07) is 13.3. The van der Waals surface area contributed by atoms with Crippen molar-refractivity contribution in [2.75, 3.05) is 40.2 Å². The fraction of sp³-hybridized carbons (Fsp3) is 0.364. The Hall–Kier alpha value is -2.69. The van der Waals surface area contributed by atoms with Crippen molar-refractivity contribution in [2.24, 2.45) is 4.99 Å². The highest BCUT2D eigenvalue weighted by molar-refractivity contribution is 14.0. The van der Waals surface area contributed by atoms with E-state index in [1.807, 2.05) is 61.3 Å². The molecule has 2 aromatic rings. The number of benzene rings is 2. The lowest BCUT2D eigenvalue weighted by Gasteiger charge is -2.23. The van der Waals surface area contributed by atoms with Gasteiger partial charge in [-0.15, -0.1) is 24.0 Å². The highest BCUT2D eigenvalue weighted by atomic mass is 127. The first kappa shape index (κ1) is 26.3. The van der Waals surface area contributed by atoms with Crippen molar-refractivity contribution in [3.05, 3.63) is 53.6 Å². The maximum absolute atomic E-state index is 11.3. The molecule has 2 aromatic carbocycles. The number of nitrogens with one attached hydrogen (secondary N) is 2. The third-order valence-corrected chi connectivity index (χ3v) is 4.40. The molecule has 0 fully saturated rings. The number of nitrogens with zero attached hydrogens (tertiary/aromatic N) is 2. The van der Waals surface area contributed by atoms with Crippen LogP contribution in [0.3, 0.4) is 0 Å². The number of halogens is 1. The first-order valence-electron chi connectivity index (χ1n) is 9.65. The summed E-state index contributed by atoms with van der Waals surface area (Å²) in [5.74, 6) is 2.31. The molecule has 31 heavy (non-hydrogen) atoms. The molecule has 0 saturated heterocycles. The monoisotopic (exact) mass is 542 g/mol. The van der Waals surface area contributed by atoms with E-state index in [1.165, 1.54) is 7.11 Å². The number of carbonyl (C=O) groups excluding carboxylic acids is 1. The summed E-state index contributed by atoms with van der Waals surface area (Å²) in [4.78, 5) is 18.0. The molecule has 170 valence electrons. The van der Waals surface area contributed by atoms with E-state index in [2.05, 4.69) is 15.4 Å². The molecule has 0 saturated carbocycles. The fourth-order valence-corrected chi connectivity index (χ4v) is 2.81. The standard InChI is InChI=1S/C22H30N4O4.HI/c1-6-23-21(24-14-16-7-10-18(11-8-16)25-22(27)30-5)26(2)15-17-9-12-19(28-3)13-20(17)29-4;/h7-13H,6,14-15H2,1-5H3,(H,23,24)(H,25,27);1H. The van der Waals surface area contributed by atoms with Crippen molar-refractivity contribution in [2.45, 2.75) is 20.0 Å². The molecule has 0 radical (unpaired) electrons. The van der Waals surface area contributed by atoms with E-state index in [1.54, 1.807) is 14.2 Å². The first-order chi connectivity index (χ1) is 14.5. The maximum atomic E-state index is 11.3. The number of carbonyl (C=O) groups is 1. The molecule has 1 amide bonds. The summed E-state index contributed by atoms with van der Waals surface area (Å²) in [6.07, 6.45) is -0.495. The molecule has 2 N–H and O–H groups in total. The van der Waals surface area contributed by atoms with Crippen molar-refractivity contribution in [3.8, 4) is 11.5 Å². The molecule has 2 rings (SSSR count). The van der Waals surface area contributed by atoms with Crippen LogP contribution in [0.4, 0.5) is 10.5 Å². The van der Waals surface area contributed by atoms with Gasteiger partial charge in [0.05, 0.1) is 27.9 Å². The molecule has 9 heteroatoms. The lowest BCUT2D eigenvalue weighted by atomic mass is 10.2. The summed E-state index contributed by atoms with van der Waals surface area (Å²) in [5, 5.41) is 5.94. The second-order valence-electron chi connectivity index (χ2n) is 6.52. The molecule has 8 nitrogen and oxygen atoms in total. The van der Waals surface area contributed by atoms with Gasteiger partial charge >= 0.3 is 6.09 Å². The number of aliphatic imine (C=N–C) groups is 1. The Balaban J connectivity index is 0.00000480. The van der Waals surface area contributed by atoms with Crippen molar-refractivity contribution in [3.63, 3.8) is 0 Å². The van der Waals surface area contributed by atoms with Crippen LogP contribution < -0.4 is 20.1 Å². The van der Waals surface area contributed by atoms with Crippen molar-refractivity contribution in [1.29, 1.82) is 0 Å². The number of hydrogen-bond acceptors (Lipinski definition) is 5. The minimum atomic E-state index is -0.495. The molecule has 0 atom stereocenters. The second kappa shape index (κ2) is 13.6. The van der Waals surface area contributed by atoms with E-state index >= 15 is 0 Å². The van der Waals surface area contributed by atoms with Gasteiger partial charge in [0, 0.05) is 37.5 Å². The Morgan fingerprint density at radius 1 is 1.06 bits per heavy atom. The summed E-state index contributed by atoms with van der Waals surface area (Å²) in [6.45, 7) is 3.92. The zero-order valence-electron chi connectivity index (χ0n) is 18.6. The SMILES string of the molecule is CCNC(=NCc1ccc(NC(=O)OC)cc1)N(C)Cc1ccc(OC)cc1OC.I. The van der Waals surface area contributed by atoms with E-state index in [9.17, 15) is 4.79 Å². The van der Waals surface area contributed by atoms with E-state index in [-0.39, 0.29) is 24.0 Å². The number of methoxy groups -OCH3 is 3. The Kier molecular flexibility index (Phi) is 11.5. The third kappa shape index (κ3) is 8.16. The zero-order chi connectivity index (χ0) is 21.9. The number of guanidine groups is 1. The maximum Gasteiger partial charge on any atom is 0.411 e. The quantitative estimate of drug-likeness (QED) is 0.297. The Labute approximate surface area is 201 Å². The average molecular weight is 542 g/mol. The van der Waals surface area contributed by atoms with Crippen LogP contribution in [-0.4, -0.2) is 51.9 Å². The van der Waals surface area contributed by atoms with Crippen molar-refractivity contribution < 1.29 is 19.0 Å². The van der Waals surface area contributed by atoms with E-state index in [0.717, 1.165) is 35.1 Å². The fourth-order valence-electron chi connectivity index (χ4n) is 2.81. The smallest absolute Gasteiger partial charge is 0.411 e. The number of amides is 1. The number of hydrogen-bond donors (Lipinski definition) is 2. The van der Waals surface area contributed by atoms with Crippen molar-refractivity contribution >= 4 is 41.7 Å². The highest BCUT2D eigenvalue weighted by Gasteiger charge is 2.11. The van der Waals surface area contributed by atoms with Crippen LogP contribution in [0, 0.1) is 0 Å². The van der Waals surface area contributed by atoms with Gasteiger partial charge in [0.15, 0.2) is 5.96 Å². The highest BCUT2D eigenvalue weighted by Crippen LogP contribution is 2.25. The molecule has 0 spiro atoms. The minimum absolute atomic E-state index is 0. The molecule has 0 heterocycles. The molecular weight excluding hydrogens is 511 g/mol. The van der Waals surface area contributed by atoms with Gasteiger partial charge in [-0.25, -0.2) is 9.79 Å². The van der Waals surface area contributed by atoms with E-state index in [4.69, 9.17) is 14.5 Å². The summed E-state index contributed by atoms with van der Waals surface area (Å²) < 4.78 is 15.4. The van der Waals surface area contributed by atoms with Gasteiger partial charge in [0.1, 0.15) is 11.5 Å². The number of ether oxygens (including phenoxy) is 3. The van der Waals surface area contributed by atoms with Crippen LogP contribution in [0.15, 0.2) is 47.5 Å². The minimum Gasteiger partial charge on any atom is -0.497 e. The van der Waals surface area contributed by atoms with Crippen LogP contribution in [0.25, 0.3) is 0 Å². The zero-order valence-corrected chi connectivity index (χ0v) is 20.9. The Morgan fingerprint density at radius 2 is 1.77 bits per heavy atom. The first-order valence-corrected chi connectivity index (χ1v) is 9.65. The largest absolute Gasteiger partial charge is 0.497 e. The second-order valence-corrected chi connectivity index (χ2v) is 6.52. The predicted molar refractivity (Wildman–Crippen MR) is 134 cm³/mol. The van der Waals surface area contributed by atoms with Gasteiger partial charge < -0.3 is 24.4 Å². The van der Waals surface area contributed by atoms with E-state index < -0.39 is 6.09 Å². The summed E-state index contributed by atoms with van der Waals surface area (Å²) >= 11 is 0. The average Bonchev–Trinajstić information content (AvgIpc) is 2.77. The Morgan fingerprint density at radius 3 is 2.35 bits per heavy atom. The third-order valence-electron chi connectivity index (χ3n) is 4.40. The normalized spacial score (nSPS) is 10.5. The topological polar surface area (TPSA) is 84.4 Å². The van der Waals surface area contributed by atoms with Crippen LogP contribution in [0.1, 0.15) is 18.1 Å². The van der Waals surface area contributed by atoms with Gasteiger partial charge in [0.25, 0.3) is 0 Å². The van der Waals surface area contributed by atoms with Gasteiger partial charge in [-0.3, -0.25) is 5.32 Å². The van der Waals surface area contributed by atoms with Gasteiger partial charge in [0.2, 0.25) is 0 Å². The lowest BCUT2D eigenvalue weighted by molar-refractivity contribution is 0.187. The molecule has 0 unspecified atom stereocenters. The van der Waals surface area contributed by atoms with Gasteiger partial charge in [-0.1, -0.05) is 12.1 Å². The molecule has 0 aliphatic rings. The van der Waals surface area contributed by atoms with Gasteiger partial charge in [-0.2, -0.15) is 0 Å². The van der Waals surface area contributed by atoms with Gasteiger partial charge in [-0.05, 0) is 36.8 Å². The van der Waals surface area contributed by atoms with Crippen LogP contribution in [0.2, 0.25) is 0 Å². The lowest BCUT2D eigenvalue weighted by Crippen LogP contribution is -2.38. The predicted octanol–water partition coefficient (Wildman–Crippen LogP) is 4.10.